The van der Waals surface area contributed by atoms with Crippen LogP contribution in [0.4, 0.5) is 5.69 Å². The number of fused-ring (bicyclic) bond motifs is 1. The van der Waals surface area contributed by atoms with Gasteiger partial charge in [-0.05, 0) is 49.5 Å². The molecule has 3 aliphatic rings. The Balaban J connectivity index is 1.55. The summed E-state index contributed by atoms with van der Waals surface area (Å²) in [5.74, 6) is -0.776. The first-order valence-electron chi connectivity index (χ1n) is 9.90. The maximum Gasteiger partial charge on any atom is 0.300 e. The van der Waals surface area contributed by atoms with E-state index >= 15 is 0 Å². The second kappa shape index (κ2) is 5.89. The van der Waals surface area contributed by atoms with Crippen LogP contribution in [0.1, 0.15) is 46.5 Å². The van der Waals surface area contributed by atoms with Gasteiger partial charge in [-0.15, -0.1) is 0 Å². The van der Waals surface area contributed by atoms with E-state index in [4.69, 9.17) is 0 Å². The van der Waals surface area contributed by atoms with Gasteiger partial charge in [-0.25, -0.2) is 0 Å². The minimum atomic E-state index is -0.512. The Kier molecular flexibility index (Phi) is 3.65. The lowest BCUT2D eigenvalue weighted by Crippen LogP contribution is -2.48. The van der Waals surface area contributed by atoms with Crippen LogP contribution in [0, 0.1) is 6.92 Å². The predicted molar refractivity (Wildman–Crippen MR) is 110 cm³/mol. The van der Waals surface area contributed by atoms with Crippen molar-refractivity contribution >= 4 is 23.0 Å². The molecule has 28 heavy (non-hydrogen) atoms. The van der Waals surface area contributed by atoms with Gasteiger partial charge in [-0.2, -0.15) is 0 Å². The fourth-order valence-corrected chi connectivity index (χ4v) is 4.96. The first-order valence-corrected chi connectivity index (χ1v) is 9.90. The molecule has 5 rings (SSSR count). The summed E-state index contributed by atoms with van der Waals surface area (Å²) >= 11 is 0. The van der Waals surface area contributed by atoms with Crippen LogP contribution in [0.5, 0.6) is 0 Å². The lowest BCUT2D eigenvalue weighted by Gasteiger charge is -2.40. The zero-order valence-corrected chi connectivity index (χ0v) is 16.6. The topological polar surface area (TPSA) is 40.6 Å². The summed E-state index contributed by atoms with van der Waals surface area (Å²) in [5, 5.41) is 0. The van der Waals surface area contributed by atoms with Gasteiger partial charge in [0.1, 0.15) is 0 Å². The largest absolute Gasteiger partial charge is 0.300 e. The quantitative estimate of drug-likeness (QED) is 0.754. The molecule has 0 radical (unpaired) electrons. The number of aryl methyl sites for hydroxylation is 1. The molecule has 0 aromatic heterocycles. The van der Waals surface area contributed by atoms with Crippen molar-refractivity contribution in [2.24, 2.45) is 0 Å². The fourth-order valence-electron chi connectivity index (χ4n) is 4.96. The molecule has 142 valence electrons. The second-order valence-corrected chi connectivity index (χ2v) is 8.68. The van der Waals surface area contributed by atoms with E-state index in [2.05, 4.69) is 41.3 Å². The predicted octanol–water partition coefficient (Wildman–Crippen LogP) is 3.76. The molecule has 0 bridgehead atoms. The Hall–Kier alpha value is -2.72. The average molecular weight is 372 g/mol. The van der Waals surface area contributed by atoms with E-state index in [1.807, 2.05) is 26.8 Å². The molecule has 0 aliphatic carbocycles. The highest BCUT2D eigenvalue weighted by molar-refractivity contribution is 6.53. The third-order valence-corrected chi connectivity index (χ3v) is 6.29. The van der Waals surface area contributed by atoms with Crippen LogP contribution in [0.2, 0.25) is 0 Å². The van der Waals surface area contributed by atoms with Crippen molar-refractivity contribution in [1.29, 1.82) is 0 Å². The van der Waals surface area contributed by atoms with Gasteiger partial charge in [-0.1, -0.05) is 42.5 Å². The summed E-state index contributed by atoms with van der Waals surface area (Å²) in [4.78, 5) is 29.5. The molecule has 0 atom stereocenters. The number of nitrogens with zero attached hydrogens (tertiary/aromatic N) is 2. The van der Waals surface area contributed by atoms with Crippen molar-refractivity contribution in [3.05, 3.63) is 70.3 Å². The molecule has 2 aromatic carbocycles. The Bertz CT molecular complexity index is 1060. The first kappa shape index (κ1) is 17.4. The summed E-state index contributed by atoms with van der Waals surface area (Å²) in [7, 11) is 0. The van der Waals surface area contributed by atoms with E-state index in [0.717, 1.165) is 42.9 Å². The minimum Gasteiger partial charge on any atom is -0.295 e. The maximum atomic E-state index is 12.7. The molecule has 3 heterocycles. The summed E-state index contributed by atoms with van der Waals surface area (Å²) in [6.45, 7) is 8.72. The van der Waals surface area contributed by atoms with Crippen molar-refractivity contribution in [3.63, 3.8) is 0 Å². The van der Waals surface area contributed by atoms with E-state index < -0.39 is 11.4 Å². The summed E-state index contributed by atoms with van der Waals surface area (Å²) in [6.07, 6.45) is 3.23. The average Bonchev–Trinajstić information content (AvgIpc) is 2.93. The van der Waals surface area contributed by atoms with Gasteiger partial charge in [0, 0.05) is 25.2 Å². The van der Waals surface area contributed by atoms with Gasteiger partial charge >= 0.3 is 0 Å². The molecule has 4 nitrogen and oxygen atoms in total. The number of anilines is 1. The van der Waals surface area contributed by atoms with Crippen LogP contribution in [0.15, 0.2) is 42.5 Å². The first-order chi connectivity index (χ1) is 13.4. The van der Waals surface area contributed by atoms with Crippen LogP contribution in [0.25, 0.3) is 5.57 Å². The molecule has 3 aliphatic heterocycles. The summed E-state index contributed by atoms with van der Waals surface area (Å²) in [6, 6.07) is 12.7. The normalized spacial score (nSPS) is 20.1. The van der Waals surface area contributed by atoms with Crippen LogP contribution in [0.3, 0.4) is 0 Å². The molecule has 0 fully saturated rings. The van der Waals surface area contributed by atoms with Crippen LogP contribution >= 0.6 is 0 Å². The highest BCUT2D eigenvalue weighted by Gasteiger charge is 2.47. The van der Waals surface area contributed by atoms with E-state index in [1.165, 1.54) is 16.7 Å². The van der Waals surface area contributed by atoms with Gasteiger partial charge in [0.05, 0.1) is 16.8 Å². The molecule has 0 saturated carbocycles. The molecule has 1 amide bonds. The summed E-state index contributed by atoms with van der Waals surface area (Å²) in [5.41, 5.74) is 6.84. The molecule has 0 N–H and O–H groups in total. The number of carbonyl (C=O) groups excluding carboxylic acids is 2. The molecule has 4 heteroatoms. The third-order valence-electron chi connectivity index (χ3n) is 6.29. The number of carbonyl (C=O) groups is 2. The van der Waals surface area contributed by atoms with Crippen LogP contribution in [-0.4, -0.2) is 35.2 Å². The zero-order chi connectivity index (χ0) is 19.6. The Labute approximate surface area is 165 Å². The van der Waals surface area contributed by atoms with E-state index in [9.17, 15) is 9.59 Å². The molecule has 0 spiro atoms. The maximum absolute atomic E-state index is 12.7. The number of hydrogen-bond donors (Lipinski definition) is 0. The highest BCUT2D eigenvalue weighted by Crippen LogP contribution is 2.46. The number of rotatable bonds is 2. The number of benzene rings is 2. The number of amides is 1. The molecular formula is C24H24N2O2. The van der Waals surface area contributed by atoms with Crippen LogP contribution < -0.4 is 4.90 Å². The number of hydrogen-bond acceptors (Lipinski definition) is 3. The zero-order valence-electron chi connectivity index (χ0n) is 16.6. The van der Waals surface area contributed by atoms with Crippen molar-refractivity contribution < 1.29 is 9.59 Å². The SMILES string of the molecule is Cc1ccc2c3c1C(=O)C(=O)N3C(C)(C)C=C2CN1CCc2ccccc2C1. The molecule has 0 saturated heterocycles. The van der Waals surface area contributed by atoms with Crippen LogP contribution in [-0.2, 0) is 17.8 Å². The van der Waals surface area contributed by atoms with E-state index in [-0.39, 0.29) is 5.78 Å². The molecule has 0 unspecified atom stereocenters. The van der Waals surface area contributed by atoms with Gasteiger partial charge < -0.3 is 0 Å². The minimum absolute atomic E-state index is 0.371. The Morgan fingerprint density at radius 3 is 2.57 bits per heavy atom. The lowest BCUT2D eigenvalue weighted by atomic mass is 9.86. The highest BCUT2D eigenvalue weighted by atomic mass is 16.2. The standard InChI is InChI=1S/C24H24N2O2/c1-15-8-9-19-18(14-25-11-10-16-6-4-5-7-17(16)13-25)12-24(2,3)26-21(19)20(15)22(27)23(26)28/h4-9,12H,10-11,13-14H2,1-3H3. The number of Topliss-reactive ketones (excluding diaryl/α,β-unsaturated/α-hetero) is 1. The van der Waals surface area contributed by atoms with Crippen molar-refractivity contribution in [2.45, 2.75) is 39.3 Å². The fraction of sp³-hybridized carbons (Fsp3) is 0.333. The third kappa shape index (κ3) is 2.41. The molecule has 2 aromatic rings. The van der Waals surface area contributed by atoms with Crippen molar-refractivity contribution in [3.8, 4) is 0 Å². The lowest BCUT2D eigenvalue weighted by molar-refractivity contribution is -0.115. The van der Waals surface area contributed by atoms with Gasteiger partial charge in [0.25, 0.3) is 11.7 Å². The summed E-state index contributed by atoms with van der Waals surface area (Å²) < 4.78 is 0. The smallest absolute Gasteiger partial charge is 0.295 e. The second-order valence-electron chi connectivity index (χ2n) is 8.68. The van der Waals surface area contributed by atoms with Crippen molar-refractivity contribution in [2.75, 3.05) is 18.0 Å². The van der Waals surface area contributed by atoms with Crippen molar-refractivity contribution in [1.82, 2.24) is 4.90 Å². The molecular weight excluding hydrogens is 348 g/mol. The van der Waals surface area contributed by atoms with E-state index in [0.29, 0.717) is 5.56 Å². The Morgan fingerprint density at radius 1 is 1.04 bits per heavy atom. The van der Waals surface area contributed by atoms with Gasteiger partial charge in [0.2, 0.25) is 0 Å². The van der Waals surface area contributed by atoms with E-state index in [1.54, 1.807) is 4.90 Å². The Morgan fingerprint density at radius 2 is 1.79 bits per heavy atom. The van der Waals surface area contributed by atoms with Gasteiger partial charge in [0.15, 0.2) is 0 Å². The number of ketones is 1. The monoisotopic (exact) mass is 372 g/mol. The van der Waals surface area contributed by atoms with Gasteiger partial charge in [-0.3, -0.25) is 19.4 Å².